The van der Waals surface area contributed by atoms with E-state index in [4.69, 9.17) is 33.0 Å². The van der Waals surface area contributed by atoms with Crippen LogP contribution in [0.25, 0.3) is 0 Å². The highest BCUT2D eigenvalue weighted by Gasteiger charge is 2.42. The molecule has 1 saturated heterocycles. The van der Waals surface area contributed by atoms with E-state index in [2.05, 4.69) is 9.97 Å². The standard InChI is InChI=1S/C14H21Cl2N2O4P/c1-11-2-4-12(5-3-11)13-10-14(21-19)17-23(20,22-13)18(8-6-15)9-7-16/h2-5,13-14,19H,6-10H2,1H3,(H,17,20)/t13-,14+,23+/m0/s1. The Morgan fingerprint density at radius 1 is 1.35 bits per heavy atom. The molecule has 0 bridgehead atoms. The predicted octanol–water partition coefficient (Wildman–Crippen LogP) is 3.75. The van der Waals surface area contributed by atoms with Gasteiger partial charge in [-0.1, -0.05) is 29.8 Å². The van der Waals surface area contributed by atoms with Crippen LogP contribution in [0.5, 0.6) is 0 Å². The SMILES string of the molecule is Cc1ccc([C@@H]2C[C@@H](OO)N[P@](=O)(N(CCCl)CCCl)O2)cc1. The monoisotopic (exact) mass is 382 g/mol. The van der Waals surface area contributed by atoms with Gasteiger partial charge in [0.25, 0.3) is 0 Å². The number of hydrogen-bond donors (Lipinski definition) is 2. The lowest BCUT2D eigenvalue weighted by Crippen LogP contribution is -2.43. The number of aryl methyl sites for hydroxylation is 1. The first-order valence-corrected chi connectivity index (χ1v) is 9.97. The minimum Gasteiger partial charge on any atom is -0.298 e. The fourth-order valence-corrected chi connectivity index (χ4v) is 5.24. The maximum Gasteiger partial charge on any atom is 0.346 e. The van der Waals surface area contributed by atoms with Crippen molar-refractivity contribution in [1.82, 2.24) is 9.76 Å². The third kappa shape index (κ3) is 4.91. The van der Waals surface area contributed by atoms with Crippen LogP contribution >= 0.6 is 30.9 Å². The van der Waals surface area contributed by atoms with Crippen LogP contribution in [0, 0.1) is 6.92 Å². The summed E-state index contributed by atoms with van der Waals surface area (Å²) in [5.74, 6) is 0.567. The summed E-state index contributed by atoms with van der Waals surface area (Å²) in [5, 5.41) is 11.8. The second kappa shape index (κ2) is 8.79. The van der Waals surface area contributed by atoms with Crippen molar-refractivity contribution in [3.8, 4) is 0 Å². The van der Waals surface area contributed by atoms with Gasteiger partial charge in [-0.3, -0.25) is 14.3 Å². The molecule has 1 aliphatic heterocycles. The van der Waals surface area contributed by atoms with Gasteiger partial charge in [0.2, 0.25) is 0 Å². The molecule has 0 unspecified atom stereocenters. The highest BCUT2D eigenvalue weighted by molar-refractivity contribution is 7.54. The molecule has 2 rings (SSSR count). The maximum atomic E-state index is 13.2. The molecule has 9 heteroatoms. The van der Waals surface area contributed by atoms with Crippen molar-refractivity contribution in [3.05, 3.63) is 35.4 Å². The molecule has 1 fully saturated rings. The van der Waals surface area contributed by atoms with Crippen molar-refractivity contribution in [2.24, 2.45) is 0 Å². The lowest BCUT2D eigenvalue weighted by molar-refractivity contribution is -0.289. The summed E-state index contributed by atoms with van der Waals surface area (Å²) in [6.07, 6.45) is -0.930. The predicted molar refractivity (Wildman–Crippen MR) is 90.9 cm³/mol. The fraction of sp³-hybridized carbons (Fsp3) is 0.571. The Morgan fingerprint density at radius 2 is 1.96 bits per heavy atom. The summed E-state index contributed by atoms with van der Waals surface area (Å²) in [6.45, 7) is 2.68. The molecule has 2 N–H and O–H groups in total. The van der Waals surface area contributed by atoms with Gasteiger partial charge < -0.3 is 0 Å². The fourth-order valence-electron chi connectivity index (χ4n) is 2.44. The lowest BCUT2D eigenvalue weighted by Gasteiger charge is -2.39. The first-order valence-electron chi connectivity index (χ1n) is 7.32. The molecule has 1 aromatic carbocycles. The summed E-state index contributed by atoms with van der Waals surface area (Å²) >= 11 is 11.6. The van der Waals surface area contributed by atoms with Gasteiger partial charge in [-0.2, -0.15) is 0 Å². The smallest absolute Gasteiger partial charge is 0.298 e. The second-order valence-electron chi connectivity index (χ2n) is 5.32. The van der Waals surface area contributed by atoms with Crippen molar-refractivity contribution in [1.29, 1.82) is 0 Å². The molecule has 3 atom stereocenters. The van der Waals surface area contributed by atoms with Gasteiger partial charge >= 0.3 is 7.67 Å². The molecule has 0 aliphatic carbocycles. The van der Waals surface area contributed by atoms with Gasteiger partial charge in [-0.25, -0.2) is 14.6 Å². The number of nitrogens with one attached hydrogen (secondary N) is 1. The lowest BCUT2D eigenvalue weighted by atomic mass is 10.0. The highest BCUT2D eigenvalue weighted by Crippen LogP contribution is 2.55. The summed E-state index contributed by atoms with van der Waals surface area (Å²) in [7, 11) is -3.43. The van der Waals surface area contributed by atoms with Crippen LogP contribution in [0.15, 0.2) is 24.3 Å². The summed E-state index contributed by atoms with van der Waals surface area (Å²) in [5.41, 5.74) is 1.99. The van der Waals surface area contributed by atoms with Crippen LogP contribution in [-0.2, 0) is 14.0 Å². The quantitative estimate of drug-likeness (QED) is 0.324. The van der Waals surface area contributed by atoms with Crippen molar-refractivity contribution < 1.29 is 19.2 Å². The molecule has 1 aromatic rings. The van der Waals surface area contributed by atoms with Crippen LogP contribution < -0.4 is 5.09 Å². The normalized spacial score (nSPS) is 28.2. The summed E-state index contributed by atoms with van der Waals surface area (Å²) < 4.78 is 20.6. The van der Waals surface area contributed by atoms with E-state index in [9.17, 15) is 4.57 Å². The molecular weight excluding hydrogens is 362 g/mol. The van der Waals surface area contributed by atoms with Crippen molar-refractivity contribution in [2.75, 3.05) is 24.8 Å². The number of nitrogens with zero attached hydrogens (tertiary/aromatic N) is 1. The van der Waals surface area contributed by atoms with Crippen LogP contribution in [-0.4, -0.2) is 41.0 Å². The second-order valence-corrected chi connectivity index (χ2v) is 8.15. The minimum atomic E-state index is -3.43. The van der Waals surface area contributed by atoms with E-state index in [-0.39, 0.29) is 11.8 Å². The van der Waals surface area contributed by atoms with Crippen LogP contribution in [0.2, 0.25) is 0 Å². The minimum absolute atomic E-state index is 0.283. The first-order chi connectivity index (χ1) is 11.0. The van der Waals surface area contributed by atoms with E-state index in [0.29, 0.717) is 19.5 Å². The molecule has 0 spiro atoms. The molecule has 1 aliphatic rings. The Hall–Kier alpha value is -0.170. The van der Waals surface area contributed by atoms with E-state index in [1.54, 1.807) is 4.67 Å². The van der Waals surface area contributed by atoms with Crippen LogP contribution in [0.3, 0.4) is 0 Å². The molecule has 6 nitrogen and oxygen atoms in total. The van der Waals surface area contributed by atoms with Gasteiger partial charge in [0, 0.05) is 31.3 Å². The maximum absolute atomic E-state index is 13.2. The van der Waals surface area contributed by atoms with E-state index >= 15 is 0 Å². The molecule has 1 heterocycles. The van der Waals surface area contributed by atoms with Gasteiger partial charge in [0.1, 0.15) is 0 Å². The van der Waals surface area contributed by atoms with Gasteiger partial charge in [0.05, 0.1) is 6.10 Å². The first kappa shape index (κ1) is 19.2. The Bertz CT molecular complexity index is 540. The van der Waals surface area contributed by atoms with E-state index < -0.39 is 20.0 Å². The Morgan fingerprint density at radius 3 is 2.48 bits per heavy atom. The zero-order valence-corrected chi connectivity index (χ0v) is 15.2. The van der Waals surface area contributed by atoms with Crippen LogP contribution in [0.1, 0.15) is 23.7 Å². The van der Waals surface area contributed by atoms with Crippen LogP contribution in [0.4, 0.5) is 0 Å². The molecule has 0 amide bonds. The average Bonchev–Trinajstić information content (AvgIpc) is 2.54. The van der Waals surface area contributed by atoms with E-state index in [0.717, 1.165) is 11.1 Å². The zero-order chi connectivity index (χ0) is 16.9. The highest BCUT2D eigenvalue weighted by atomic mass is 35.5. The number of rotatable bonds is 7. The average molecular weight is 383 g/mol. The molecule has 130 valence electrons. The summed E-state index contributed by atoms with van der Waals surface area (Å²) in [4.78, 5) is 4.41. The third-order valence-electron chi connectivity index (χ3n) is 3.64. The van der Waals surface area contributed by atoms with Gasteiger partial charge in [0.15, 0.2) is 6.23 Å². The van der Waals surface area contributed by atoms with E-state index in [1.165, 1.54) is 0 Å². The van der Waals surface area contributed by atoms with Gasteiger partial charge in [-0.05, 0) is 12.5 Å². The summed E-state index contributed by atoms with van der Waals surface area (Å²) in [6, 6.07) is 7.74. The molecular formula is C14H21Cl2N2O4P. The number of benzene rings is 1. The largest absolute Gasteiger partial charge is 0.346 e. The number of hydrogen-bond acceptors (Lipinski definition) is 4. The molecule has 0 saturated carbocycles. The third-order valence-corrected chi connectivity index (χ3v) is 6.28. The Balaban J connectivity index is 2.25. The van der Waals surface area contributed by atoms with Gasteiger partial charge in [-0.15, -0.1) is 23.2 Å². The Kier molecular flexibility index (Phi) is 7.32. The number of halogens is 2. The van der Waals surface area contributed by atoms with Crippen molar-refractivity contribution in [2.45, 2.75) is 25.7 Å². The molecule has 23 heavy (non-hydrogen) atoms. The topological polar surface area (TPSA) is 71.0 Å². The molecule has 0 aromatic heterocycles. The molecule has 0 radical (unpaired) electrons. The zero-order valence-electron chi connectivity index (χ0n) is 12.8. The number of alkyl halides is 2. The van der Waals surface area contributed by atoms with Crippen molar-refractivity contribution in [3.63, 3.8) is 0 Å². The Labute approximate surface area is 146 Å². The van der Waals surface area contributed by atoms with Crippen molar-refractivity contribution >= 4 is 30.9 Å². The van der Waals surface area contributed by atoms with E-state index in [1.807, 2.05) is 31.2 Å².